The molecule has 0 aliphatic heterocycles. The Kier molecular flexibility index (Phi) is 6.15. The number of rotatable bonds is 7. The van der Waals surface area contributed by atoms with Crippen molar-refractivity contribution in [3.8, 4) is 5.75 Å². The predicted octanol–water partition coefficient (Wildman–Crippen LogP) is 3.85. The molecule has 0 spiro atoms. The van der Waals surface area contributed by atoms with Crippen molar-refractivity contribution in [3.05, 3.63) is 46.7 Å². The Morgan fingerprint density at radius 3 is 2.93 bits per heavy atom. The molecule has 0 fully saturated rings. The smallest absolute Gasteiger partial charge is 0.239 e. The van der Waals surface area contributed by atoms with Crippen LogP contribution in [0.25, 0.3) is 0 Å². The predicted molar refractivity (Wildman–Crippen MR) is 114 cm³/mol. The number of hydrogen-bond donors (Lipinski definition) is 1. The van der Waals surface area contributed by atoms with Gasteiger partial charge >= 0.3 is 0 Å². The maximum atomic E-state index is 12.3. The van der Waals surface area contributed by atoms with Crippen LogP contribution in [-0.4, -0.2) is 30.9 Å². The van der Waals surface area contributed by atoms with E-state index in [2.05, 4.69) is 32.6 Å². The van der Waals surface area contributed by atoms with Gasteiger partial charge in [0, 0.05) is 18.6 Å². The molecule has 0 radical (unpaired) electrons. The van der Waals surface area contributed by atoms with Crippen LogP contribution in [0.2, 0.25) is 0 Å². The Hall–Kier alpha value is -2.39. The number of nitrogens with one attached hydrogen (secondary N) is 1. The van der Waals surface area contributed by atoms with Crippen LogP contribution < -0.4 is 10.1 Å². The number of fused-ring (bicyclic) bond motifs is 1. The van der Waals surface area contributed by atoms with Crippen LogP contribution in [0.3, 0.4) is 0 Å². The number of carbonyl (C=O) groups is 1. The van der Waals surface area contributed by atoms with Crippen molar-refractivity contribution in [2.45, 2.75) is 49.6 Å². The van der Waals surface area contributed by atoms with Gasteiger partial charge < -0.3 is 14.6 Å². The van der Waals surface area contributed by atoms with Crippen molar-refractivity contribution in [1.29, 1.82) is 0 Å². The van der Waals surface area contributed by atoms with Gasteiger partial charge in [-0.2, -0.15) is 0 Å². The van der Waals surface area contributed by atoms with Crippen LogP contribution in [0.4, 0.5) is 5.13 Å². The summed E-state index contributed by atoms with van der Waals surface area (Å²) in [4.78, 5) is 16.4. The summed E-state index contributed by atoms with van der Waals surface area (Å²) in [5.74, 6) is 1.47. The number of benzene rings is 1. The molecule has 3 aromatic rings. The van der Waals surface area contributed by atoms with Gasteiger partial charge in [0.15, 0.2) is 16.1 Å². The maximum Gasteiger partial charge on any atom is 0.239 e. The summed E-state index contributed by atoms with van der Waals surface area (Å²) in [6.07, 6.45) is 6.46. The van der Waals surface area contributed by atoms with Crippen molar-refractivity contribution >= 4 is 34.1 Å². The fourth-order valence-corrected chi connectivity index (χ4v) is 4.59. The largest absolute Gasteiger partial charge is 0.486 e. The average Bonchev–Trinajstić information content (AvgIpc) is 3.36. The van der Waals surface area contributed by atoms with Gasteiger partial charge in [-0.15, -0.1) is 21.5 Å². The van der Waals surface area contributed by atoms with E-state index >= 15 is 0 Å². The van der Waals surface area contributed by atoms with E-state index in [-0.39, 0.29) is 11.2 Å². The summed E-state index contributed by atoms with van der Waals surface area (Å²) in [6, 6.07) is 6.34. The highest BCUT2D eigenvalue weighted by atomic mass is 32.2. The highest BCUT2D eigenvalue weighted by molar-refractivity contribution is 8.00. The van der Waals surface area contributed by atoms with Crippen molar-refractivity contribution in [3.63, 3.8) is 0 Å². The second-order valence-electron chi connectivity index (χ2n) is 6.97. The molecule has 2 heterocycles. The molecule has 0 saturated heterocycles. The number of anilines is 1. The van der Waals surface area contributed by atoms with Gasteiger partial charge in [0.05, 0.1) is 5.25 Å². The SMILES string of the molecule is C[C@@H](Sc1nnc(COc2ccc3c(c2)CCCC3)n1C)C(=O)Nc1nccs1. The van der Waals surface area contributed by atoms with Crippen molar-refractivity contribution in [1.82, 2.24) is 19.7 Å². The van der Waals surface area contributed by atoms with Gasteiger partial charge in [-0.25, -0.2) is 4.98 Å². The van der Waals surface area contributed by atoms with Crippen molar-refractivity contribution in [2.75, 3.05) is 5.32 Å². The number of thioether (sulfide) groups is 1. The van der Waals surface area contributed by atoms with E-state index in [4.69, 9.17) is 4.74 Å². The topological polar surface area (TPSA) is 81.9 Å². The van der Waals surface area contributed by atoms with Crippen molar-refractivity contribution < 1.29 is 9.53 Å². The number of aryl methyl sites for hydroxylation is 2. The van der Waals surface area contributed by atoms with E-state index in [1.54, 1.807) is 6.20 Å². The van der Waals surface area contributed by atoms with E-state index in [1.165, 1.54) is 47.1 Å². The first kappa shape index (κ1) is 19.9. The first-order chi connectivity index (χ1) is 14.1. The van der Waals surface area contributed by atoms with Gasteiger partial charge in [-0.3, -0.25) is 4.79 Å². The highest BCUT2D eigenvalue weighted by Crippen LogP contribution is 2.26. The van der Waals surface area contributed by atoms with Gasteiger partial charge in [0.2, 0.25) is 5.91 Å². The monoisotopic (exact) mass is 429 g/mol. The maximum absolute atomic E-state index is 12.3. The number of nitrogens with zero attached hydrogens (tertiary/aromatic N) is 4. The third kappa shape index (κ3) is 4.79. The summed E-state index contributed by atoms with van der Waals surface area (Å²) in [5.41, 5.74) is 2.83. The second kappa shape index (κ2) is 8.96. The fourth-order valence-electron chi connectivity index (χ4n) is 3.22. The van der Waals surface area contributed by atoms with E-state index in [0.717, 1.165) is 24.4 Å². The minimum atomic E-state index is -0.323. The number of amides is 1. The van der Waals surface area contributed by atoms with Crippen LogP contribution in [0, 0.1) is 0 Å². The van der Waals surface area contributed by atoms with Gasteiger partial charge in [0.1, 0.15) is 12.4 Å². The Balaban J connectivity index is 1.35. The molecule has 0 unspecified atom stereocenters. The molecule has 1 amide bonds. The van der Waals surface area contributed by atoms with Crippen LogP contribution in [0.5, 0.6) is 5.75 Å². The standard InChI is InChI=1S/C20H23N5O2S2/c1-13(18(26)22-19-21-9-10-28-19)29-20-24-23-17(25(20)2)12-27-16-8-7-14-5-3-4-6-15(14)11-16/h7-11,13H,3-6,12H2,1-2H3,(H,21,22,26)/t13-/m1/s1. The molecular weight excluding hydrogens is 406 g/mol. The molecule has 1 aliphatic carbocycles. The summed E-state index contributed by atoms with van der Waals surface area (Å²) < 4.78 is 7.83. The molecule has 29 heavy (non-hydrogen) atoms. The summed E-state index contributed by atoms with van der Waals surface area (Å²) >= 11 is 2.75. The number of aromatic nitrogens is 4. The number of thiazole rings is 1. The summed E-state index contributed by atoms with van der Waals surface area (Å²) in [5, 5.41) is 14.0. The molecule has 1 N–H and O–H groups in total. The molecule has 2 aromatic heterocycles. The minimum absolute atomic E-state index is 0.111. The zero-order valence-corrected chi connectivity index (χ0v) is 18.1. The highest BCUT2D eigenvalue weighted by Gasteiger charge is 2.20. The van der Waals surface area contributed by atoms with Gasteiger partial charge in [-0.1, -0.05) is 17.8 Å². The summed E-state index contributed by atoms with van der Waals surface area (Å²) in [6.45, 7) is 2.17. The van der Waals surface area contributed by atoms with Crippen LogP contribution in [0.15, 0.2) is 34.9 Å². The zero-order chi connectivity index (χ0) is 20.2. The quantitative estimate of drug-likeness (QED) is 0.575. The molecule has 0 bridgehead atoms. The number of hydrogen-bond acceptors (Lipinski definition) is 7. The minimum Gasteiger partial charge on any atom is -0.486 e. The Morgan fingerprint density at radius 2 is 2.14 bits per heavy atom. The lowest BCUT2D eigenvalue weighted by atomic mass is 9.92. The molecule has 4 rings (SSSR count). The Morgan fingerprint density at radius 1 is 1.31 bits per heavy atom. The second-order valence-corrected chi connectivity index (χ2v) is 9.17. The van der Waals surface area contributed by atoms with E-state index < -0.39 is 0 Å². The van der Waals surface area contributed by atoms with Crippen LogP contribution >= 0.6 is 23.1 Å². The summed E-state index contributed by atoms with van der Waals surface area (Å²) in [7, 11) is 1.89. The van der Waals surface area contributed by atoms with E-state index in [0.29, 0.717) is 16.9 Å². The van der Waals surface area contributed by atoms with E-state index in [1.807, 2.05) is 30.0 Å². The van der Waals surface area contributed by atoms with Crippen molar-refractivity contribution in [2.24, 2.45) is 7.05 Å². The first-order valence-corrected chi connectivity index (χ1v) is 11.4. The van der Waals surface area contributed by atoms with Crippen LogP contribution in [0.1, 0.15) is 36.7 Å². The van der Waals surface area contributed by atoms with Gasteiger partial charge in [-0.05, 0) is 55.9 Å². The Labute approximate surface area is 177 Å². The third-order valence-corrected chi connectivity index (χ3v) is 6.75. The molecular formula is C20H23N5O2S2. The molecule has 1 aromatic carbocycles. The zero-order valence-electron chi connectivity index (χ0n) is 16.4. The molecule has 152 valence electrons. The normalized spacial score (nSPS) is 14.3. The lowest BCUT2D eigenvalue weighted by Crippen LogP contribution is -2.22. The third-order valence-electron chi connectivity index (χ3n) is 4.93. The molecule has 9 heteroatoms. The lowest BCUT2D eigenvalue weighted by molar-refractivity contribution is -0.115. The molecule has 1 aliphatic rings. The first-order valence-electron chi connectivity index (χ1n) is 9.60. The lowest BCUT2D eigenvalue weighted by Gasteiger charge is -2.16. The molecule has 0 saturated carbocycles. The van der Waals surface area contributed by atoms with Crippen LogP contribution in [-0.2, 0) is 31.3 Å². The molecule has 1 atom stereocenters. The van der Waals surface area contributed by atoms with E-state index in [9.17, 15) is 4.79 Å². The molecule has 7 nitrogen and oxygen atoms in total. The number of ether oxygens (including phenoxy) is 1. The number of carbonyl (C=O) groups excluding carboxylic acids is 1. The fraction of sp³-hybridized carbons (Fsp3) is 0.400. The van der Waals surface area contributed by atoms with Gasteiger partial charge in [0.25, 0.3) is 0 Å². The average molecular weight is 430 g/mol. The Bertz CT molecular complexity index is 987.